The number of aryl methyl sites for hydroxylation is 2. The van der Waals surface area contributed by atoms with E-state index in [1.807, 2.05) is 64.1 Å². The molecule has 34 heavy (non-hydrogen) atoms. The quantitative estimate of drug-likeness (QED) is 0.527. The monoisotopic (exact) mass is 487 g/mol. The number of nitrogens with one attached hydrogen (secondary N) is 1. The lowest BCUT2D eigenvalue weighted by Crippen LogP contribution is -2.52. The van der Waals surface area contributed by atoms with Gasteiger partial charge in [0.15, 0.2) is 0 Å². The van der Waals surface area contributed by atoms with Crippen molar-refractivity contribution in [2.45, 2.75) is 47.1 Å². The van der Waals surface area contributed by atoms with Crippen LogP contribution in [0.1, 0.15) is 37.5 Å². The summed E-state index contributed by atoms with van der Waals surface area (Å²) in [6.07, 6.45) is 1.64. The summed E-state index contributed by atoms with van der Waals surface area (Å²) >= 11 is 0. The van der Waals surface area contributed by atoms with Crippen molar-refractivity contribution in [3.8, 4) is 0 Å². The fraction of sp³-hybridized carbons (Fsp3) is 0.462. The number of sulfonamides is 1. The Morgan fingerprint density at radius 2 is 1.62 bits per heavy atom. The minimum absolute atomic E-state index is 0.257. The number of rotatable bonds is 11. The Morgan fingerprint density at radius 1 is 0.971 bits per heavy atom. The summed E-state index contributed by atoms with van der Waals surface area (Å²) in [6.45, 7) is 9.93. The molecule has 1 N–H and O–H groups in total. The average Bonchev–Trinajstić information content (AvgIpc) is 2.77. The van der Waals surface area contributed by atoms with Crippen molar-refractivity contribution in [3.63, 3.8) is 0 Å². The van der Waals surface area contributed by atoms with Gasteiger partial charge in [-0.2, -0.15) is 0 Å². The molecule has 0 aliphatic carbocycles. The van der Waals surface area contributed by atoms with Crippen molar-refractivity contribution in [2.75, 3.05) is 30.2 Å². The molecule has 8 heteroatoms. The van der Waals surface area contributed by atoms with Gasteiger partial charge in [0.05, 0.1) is 11.9 Å². The zero-order valence-electron chi connectivity index (χ0n) is 21.0. The molecule has 0 aromatic heterocycles. The number of carbonyl (C=O) groups excluding carboxylic acids is 2. The summed E-state index contributed by atoms with van der Waals surface area (Å²) < 4.78 is 26.4. The van der Waals surface area contributed by atoms with Gasteiger partial charge in [0.1, 0.15) is 12.6 Å². The van der Waals surface area contributed by atoms with Gasteiger partial charge < -0.3 is 10.2 Å². The van der Waals surface area contributed by atoms with Gasteiger partial charge in [-0.05, 0) is 61.9 Å². The van der Waals surface area contributed by atoms with Crippen LogP contribution in [0.2, 0.25) is 0 Å². The molecule has 0 saturated heterocycles. The van der Waals surface area contributed by atoms with E-state index in [1.165, 1.54) is 4.90 Å². The molecule has 0 fully saturated rings. The smallest absolute Gasteiger partial charge is 0.244 e. The van der Waals surface area contributed by atoms with Crippen molar-refractivity contribution in [3.05, 3.63) is 65.2 Å². The van der Waals surface area contributed by atoms with Crippen molar-refractivity contribution in [2.24, 2.45) is 5.92 Å². The van der Waals surface area contributed by atoms with Gasteiger partial charge >= 0.3 is 0 Å². The van der Waals surface area contributed by atoms with E-state index >= 15 is 0 Å². The summed E-state index contributed by atoms with van der Waals surface area (Å²) in [5.41, 5.74) is 3.42. The van der Waals surface area contributed by atoms with E-state index in [2.05, 4.69) is 5.32 Å². The SMILES string of the molecule is Cc1ccc(N(CC(=O)N(CCc2ccccc2)[C@H](C)C(=O)NCC(C)C)S(C)(=O)=O)cc1C. The Bertz CT molecular complexity index is 1080. The summed E-state index contributed by atoms with van der Waals surface area (Å²) in [5.74, 6) is -0.408. The highest BCUT2D eigenvalue weighted by atomic mass is 32.2. The number of hydrogen-bond acceptors (Lipinski definition) is 4. The minimum Gasteiger partial charge on any atom is -0.354 e. The summed E-state index contributed by atoms with van der Waals surface area (Å²) in [7, 11) is -3.73. The second-order valence-corrected chi connectivity index (χ2v) is 11.1. The second kappa shape index (κ2) is 12.0. The molecule has 186 valence electrons. The van der Waals surface area contributed by atoms with Crippen molar-refractivity contribution >= 4 is 27.5 Å². The maximum atomic E-state index is 13.5. The van der Waals surface area contributed by atoms with Crippen LogP contribution < -0.4 is 9.62 Å². The Balaban J connectivity index is 2.31. The molecule has 0 bridgehead atoms. The Hall–Kier alpha value is -2.87. The predicted molar refractivity (Wildman–Crippen MR) is 137 cm³/mol. The third-order valence-electron chi connectivity index (χ3n) is 5.79. The topological polar surface area (TPSA) is 86.8 Å². The molecule has 2 aromatic rings. The Kier molecular flexibility index (Phi) is 9.67. The first kappa shape index (κ1) is 27.4. The molecule has 7 nitrogen and oxygen atoms in total. The molecule has 1 atom stereocenters. The zero-order chi connectivity index (χ0) is 25.5. The fourth-order valence-electron chi connectivity index (χ4n) is 3.52. The van der Waals surface area contributed by atoms with Gasteiger partial charge in [0, 0.05) is 13.1 Å². The van der Waals surface area contributed by atoms with Crippen LogP contribution >= 0.6 is 0 Å². The maximum absolute atomic E-state index is 13.5. The molecule has 2 amide bonds. The van der Waals surface area contributed by atoms with Gasteiger partial charge in [0.25, 0.3) is 0 Å². The van der Waals surface area contributed by atoms with Gasteiger partial charge in [-0.1, -0.05) is 50.2 Å². The van der Waals surface area contributed by atoms with Crippen LogP contribution in [0.5, 0.6) is 0 Å². The first-order valence-electron chi connectivity index (χ1n) is 11.6. The number of amides is 2. The normalized spacial score (nSPS) is 12.3. The highest BCUT2D eigenvalue weighted by Gasteiger charge is 2.29. The van der Waals surface area contributed by atoms with Gasteiger partial charge in [-0.25, -0.2) is 8.42 Å². The number of hydrogen-bond donors (Lipinski definition) is 1. The number of carbonyl (C=O) groups is 2. The molecule has 2 aromatic carbocycles. The highest BCUT2D eigenvalue weighted by Crippen LogP contribution is 2.22. The molecule has 0 aliphatic rings. The predicted octanol–water partition coefficient (Wildman–Crippen LogP) is 3.30. The summed E-state index contributed by atoms with van der Waals surface area (Å²) in [6, 6.07) is 14.2. The fourth-order valence-corrected chi connectivity index (χ4v) is 4.36. The molecule has 0 spiro atoms. The van der Waals surface area contributed by atoms with Gasteiger partial charge in [-0.3, -0.25) is 13.9 Å². The lowest BCUT2D eigenvalue weighted by atomic mass is 10.1. The van der Waals surface area contributed by atoms with Crippen LogP contribution in [0.3, 0.4) is 0 Å². The molecule has 0 unspecified atom stereocenters. The van der Waals surface area contributed by atoms with Crippen molar-refractivity contribution in [1.29, 1.82) is 0 Å². The van der Waals surface area contributed by atoms with Gasteiger partial charge in [-0.15, -0.1) is 0 Å². The van der Waals surface area contributed by atoms with E-state index in [-0.39, 0.29) is 18.4 Å². The number of nitrogens with zero attached hydrogens (tertiary/aromatic N) is 2. The van der Waals surface area contributed by atoms with Crippen LogP contribution in [0.15, 0.2) is 48.5 Å². The zero-order valence-corrected chi connectivity index (χ0v) is 21.9. The van der Waals surface area contributed by atoms with Crippen molar-refractivity contribution < 1.29 is 18.0 Å². The Labute approximate surface area is 204 Å². The summed E-state index contributed by atoms with van der Waals surface area (Å²) in [5, 5.41) is 2.88. The first-order chi connectivity index (χ1) is 15.9. The second-order valence-electron chi connectivity index (χ2n) is 9.18. The van der Waals surface area contributed by atoms with Crippen LogP contribution in [0.4, 0.5) is 5.69 Å². The molecular weight excluding hydrogens is 450 g/mol. The Morgan fingerprint density at radius 3 is 2.18 bits per heavy atom. The lowest BCUT2D eigenvalue weighted by Gasteiger charge is -2.31. The molecule has 2 rings (SSSR count). The molecule has 0 saturated carbocycles. The van der Waals surface area contributed by atoms with Crippen LogP contribution in [-0.4, -0.2) is 57.1 Å². The standard InChI is InChI=1S/C26H37N3O4S/c1-19(2)17-27-26(31)22(5)28(15-14-23-10-8-7-9-11-23)25(30)18-29(34(6,32)33)24-13-12-20(3)21(4)16-24/h7-13,16,19,22H,14-15,17-18H2,1-6H3,(H,27,31)/t22-/m1/s1. The van der Waals surface area contributed by atoms with Crippen LogP contribution in [-0.2, 0) is 26.0 Å². The molecule has 0 heterocycles. The molecule has 0 aliphatic heterocycles. The third kappa shape index (κ3) is 7.87. The first-order valence-corrected chi connectivity index (χ1v) is 13.4. The largest absolute Gasteiger partial charge is 0.354 e. The number of benzene rings is 2. The maximum Gasteiger partial charge on any atom is 0.244 e. The van der Waals surface area contributed by atoms with E-state index in [1.54, 1.807) is 19.1 Å². The van der Waals surface area contributed by atoms with E-state index in [0.29, 0.717) is 25.2 Å². The average molecular weight is 488 g/mol. The number of anilines is 1. The van der Waals surface area contributed by atoms with Crippen LogP contribution in [0, 0.1) is 19.8 Å². The van der Waals surface area contributed by atoms with Crippen molar-refractivity contribution in [1.82, 2.24) is 10.2 Å². The van der Waals surface area contributed by atoms with Crippen LogP contribution in [0.25, 0.3) is 0 Å². The van der Waals surface area contributed by atoms with E-state index in [0.717, 1.165) is 27.3 Å². The van der Waals surface area contributed by atoms with E-state index < -0.39 is 22.0 Å². The van der Waals surface area contributed by atoms with E-state index in [4.69, 9.17) is 0 Å². The lowest BCUT2D eigenvalue weighted by molar-refractivity contribution is -0.138. The third-order valence-corrected chi connectivity index (χ3v) is 6.93. The minimum atomic E-state index is -3.73. The molecule has 0 radical (unpaired) electrons. The summed E-state index contributed by atoms with van der Waals surface area (Å²) in [4.78, 5) is 27.7. The highest BCUT2D eigenvalue weighted by molar-refractivity contribution is 7.92. The molecular formula is C26H37N3O4S. The van der Waals surface area contributed by atoms with Gasteiger partial charge in [0.2, 0.25) is 21.8 Å². The van der Waals surface area contributed by atoms with E-state index in [9.17, 15) is 18.0 Å².